The van der Waals surface area contributed by atoms with E-state index in [2.05, 4.69) is 0 Å². The van der Waals surface area contributed by atoms with E-state index >= 15 is 0 Å². The summed E-state index contributed by atoms with van der Waals surface area (Å²) in [6, 6.07) is 0. The molecular weight excluding hydrogens is 157 g/mol. The second kappa shape index (κ2) is 8.89. The van der Waals surface area contributed by atoms with Crippen molar-refractivity contribution in [1.82, 2.24) is 0 Å². The first-order valence-corrected chi connectivity index (χ1v) is 12.7. The van der Waals surface area contributed by atoms with E-state index < -0.39 is 0 Å². The molecule has 0 unspecified atom stereocenters. The van der Waals surface area contributed by atoms with Crippen LogP contribution in [0.5, 0.6) is 0 Å². The zero-order chi connectivity index (χ0) is 2.71. The average molecular weight is 165 g/mol. The normalized spacial score (nSPS) is 9.00. The molecule has 0 aliphatic carbocycles. The maximum Gasteiger partial charge on any atom is 0 e. The molecule has 0 aliphatic heterocycles. The van der Waals surface area contributed by atoms with Gasteiger partial charge in [-0.15, -0.1) is 0 Å². The van der Waals surface area contributed by atoms with Crippen molar-refractivity contribution >= 4 is 45.7 Å². The molecule has 0 spiro atoms. The Hall–Kier alpha value is 1.19. The van der Waals surface area contributed by atoms with E-state index in [0.29, 0.717) is 8.55 Å². The van der Waals surface area contributed by atoms with Gasteiger partial charge in [-0.3, -0.25) is 0 Å². The molecule has 0 aliphatic rings. The molecule has 0 aromatic carbocycles. The summed E-state index contributed by atoms with van der Waals surface area (Å²) < 4.78 is 0. The van der Waals surface area contributed by atoms with Gasteiger partial charge in [0.1, 0.15) is 0 Å². The molecule has 0 fully saturated rings. The van der Waals surface area contributed by atoms with Crippen LogP contribution in [0.25, 0.3) is 0 Å². The molecule has 0 aromatic rings. The zero-order valence-corrected chi connectivity index (χ0v) is 10.7. The van der Waals surface area contributed by atoms with Gasteiger partial charge < -0.3 is 0 Å². The van der Waals surface area contributed by atoms with Gasteiger partial charge in [-0.2, -0.15) is 0 Å². The molecule has 0 N–H and O–H groups in total. The molecule has 4 heteroatoms. The number of hydrogen-bond donors (Lipinski definition) is 0. The summed E-state index contributed by atoms with van der Waals surface area (Å²) in [5, 5.41) is 0. The average Bonchev–Trinajstić information content (AvgIpc) is 0.918. The molecule has 0 nitrogen and oxygen atoms in total. The minimum atomic E-state index is 0. The quantitative estimate of drug-likeness (QED) is 0.324. The maximum absolute atomic E-state index is 1.57. The number of hydrogen-bond acceptors (Lipinski definition) is 0. The third kappa shape index (κ3) is 10.8. The molecule has 0 heterocycles. The van der Waals surface area contributed by atoms with Crippen molar-refractivity contribution in [2.75, 3.05) is 0 Å². The largest absolute Gasteiger partial charge is 0.0120 e. The Morgan fingerprint density at radius 1 is 1.25 bits per heavy atom. The first-order chi connectivity index (χ1) is 1.41. The molecule has 4 radical (unpaired) electrons. The summed E-state index contributed by atoms with van der Waals surface area (Å²) in [5.74, 6) is 0. The van der Waals surface area contributed by atoms with Crippen molar-refractivity contribution in [3.63, 3.8) is 0 Å². The summed E-state index contributed by atoms with van der Waals surface area (Å²) >= 11 is 0. The van der Waals surface area contributed by atoms with Crippen molar-refractivity contribution in [3.05, 3.63) is 0 Å². The fraction of sp³-hybridized carbons (Fsp3) is 0. The maximum atomic E-state index is 1.57. The van der Waals surface area contributed by atoms with Gasteiger partial charge in [0.2, 0.25) is 0 Å². The van der Waals surface area contributed by atoms with E-state index in [1.165, 1.54) is 0 Å². The van der Waals surface area contributed by atoms with E-state index in [4.69, 9.17) is 0 Å². The van der Waals surface area contributed by atoms with Gasteiger partial charge in [-0.25, -0.2) is 0 Å². The van der Waals surface area contributed by atoms with Crippen molar-refractivity contribution in [1.29, 1.82) is 0 Å². The molecule has 0 amide bonds. The topological polar surface area (TPSA) is 0 Å². The van der Waals surface area contributed by atoms with Crippen molar-refractivity contribution in [2.45, 2.75) is 0 Å². The van der Waals surface area contributed by atoms with E-state index in [9.17, 15) is 0 Å². The second-order valence-corrected chi connectivity index (χ2v) is 19.1. The predicted octanol–water partition coefficient (Wildman–Crippen LogP) is -3.66. The predicted molar refractivity (Wildman–Crippen MR) is 34.2 cm³/mol. The van der Waals surface area contributed by atoms with Crippen molar-refractivity contribution in [3.8, 4) is 0 Å². The summed E-state index contributed by atoms with van der Waals surface area (Å²) in [6.07, 6.45) is 0. The standard InChI is InChI=1S/Ge.H8Si3/c;1-3-2/h;3H2,1-2H3. The number of rotatable bonds is 0. The molecule has 0 saturated heterocycles. The second-order valence-electron chi connectivity index (χ2n) is 0.707. The van der Waals surface area contributed by atoms with Gasteiger partial charge in [0.25, 0.3) is 0 Å². The Kier molecular flexibility index (Phi) is 19.9. The molecule has 0 aromatic heterocycles. The molecule has 0 saturated carbocycles. The van der Waals surface area contributed by atoms with Gasteiger partial charge in [0.15, 0.2) is 0 Å². The van der Waals surface area contributed by atoms with Crippen molar-refractivity contribution < 1.29 is 0 Å². The molecule has 0 bridgehead atoms. The Bertz CT molecular complexity index is 3.25. The van der Waals surface area contributed by atoms with E-state index in [-0.39, 0.29) is 17.6 Å². The first kappa shape index (κ1) is 8.96. The van der Waals surface area contributed by atoms with Crippen LogP contribution in [0.15, 0.2) is 0 Å². The molecular formula is H8GeSi3. The summed E-state index contributed by atoms with van der Waals surface area (Å²) in [7, 11) is 3.83. The first-order valence-electron chi connectivity index (χ1n) is 1.41. The minimum Gasteiger partial charge on any atom is -0.0120 e. The zero-order valence-electron chi connectivity index (χ0n) is 3.21. The smallest absolute Gasteiger partial charge is 0 e. The van der Waals surface area contributed by atoms with Crippen LogP contribution in [0.4, 0.5) is 0 Å². The van der Waals surface area contributed by atoms with Crippen LogP contribution >= 0.6 is 0 Å². The van der Waals surface area contributed by atoms with Crippen LogP contribution in [-0.2, 0) is 0 Å². The van der Waals surface area contributed by atoms with Crippen LogP contribution in [0, 0.1) is 0 Å². The van der Waals surface area contributed by atoms with Crippen LogP contribution < -0.4 is 0 Å². The molecule has 24 valence electrons. The van der Waals surface area contributed by atoms with Crippen LogP contribution in [0.1, 0.15) is 0 Å². The monoisotopic (exact) mass is 166 g/mol. The van der Waals surface area contributed by atoms with Crippen molar-refractivity contribution in [2.24, 2.45) is 0 Å². The van der Waals surface area contributed by atoms with Gasteiger partial charge in [0.05, 0.1) is 0 Å². The Morgan fingerprint density at radius 2 is 1.25 bits per heavy atom. The van der Waals surface area contributed by atoms with Gasteiger partial charge in [-0.1, -0.05) is 0 Å². The Morgan fingerprint density at radius 3 is 1.25 bits per heavy atom. The van der Waals surface area contributed by atoms with Crippen LogP contribution in [0.3, 0.4) is 0 Å². The molecule has 0 atom stereocenters. The SMILES string of the molecule is [Ge].[SiH3][SiH2][SiH3]. The molecule has 0 rings (SSSR count). The summed E-state index contributed by atoms with van der Waals surface area (Å²) in [4.78, 5) is 0. The summed E-state index contributed by atoms with van der Waals surface area (Å²) in [6.45, 7) is 0. The van der Waals surface area contributed by atoms with Crippen LogP contribution in [-0.4, -0.2) is 45.7 Å². The van der Waals surface area contributed by atoms with Gasteiger partial charge in [-0.05, 0) is 28.1 Å². The fourth-order valence-electron chi connectivity index (χ4n) is 0. The van der Waals surface area contributed by atoms with Crippen LogP contribution in [0.2, 0.25) is 0 Å². The summed E-state index contributed by atoms with van der Waals surface area (Å²) in [5.41, 5.74) is 0. The van der Waals surface area contributed by atoms with E-state index in [1.807, 2.05) is 0 Å². The van der Waals surface area contributed by atoms with E-state index in [0.717, 1.165) is 0 Å². The van der Waals surface area contributed by atoms with Gasteiger partial charge in [0, 0.05) is 17.6 Å². The van der Waals surface area contributed by atoms with Gasteiger partial charge >= 0.3 is 0 Å². The fourth-order valence-corrected chi connectivity index (χ4v) is 0. The third-order valence-electron chi connectivity index (χ3n) is 0. The minimum absolute atomic E-state index is 0. The Balaban J connectivity index is 0. The molecule has 4 heavy (non-hydrogen) atoms. The van der Waals surface area contributed by atoms with E-state index in [1.54, 1.807) is 19.5 Å². The third-order valence-corrected chi connectivity index (χ3v) is 0. The Labute approximate surface area is 46.0 Å².